The molecule has 0 aliphatic carbocycles. The number of rotatable bonds is 5. The molecule has 6 nitrogen and oxygen atoms in total. The maximum absolute atomic E-state index is 12.4. The highest BCUT2D eigenvalue weighted by Crippen LogP contribution is 2.21. The van der Waals surface area contributed by atoms with Crippen molar-refractivity contribution in [1.82, 2.24) is 15.0 Å². The van der Waals surface area contributed by atoms with Gasteiger partial charge in [0.2, 0.25) is 0 Å². The molecule has 1 N–H and O–H groups in total. The maximum atomic E-state index is 12.4. The minimum absolute atomic E-state index is 0.234. The van der Waals surface area contributed by atoms with Crippen LogP contribution in [0.4, 0.5) is 10.5 Å². The van der Waals surface area contributed by atoms with Crippen molar-refractivity contribution in [3.63, 3.8) is 0 Å². The molecule has 0 fully saturated rings. The number of anilines is 1. The first kappa shape index (κ1) is 19.2. The summed E-state index contributed by atoms with van der Waals surface area (Å²) < 4.78 is 5.27. The van der Waals surface area contributed by atoms with Gasteiger partial charge in [0.1, 0.15) is 0 Å². The number of nitrogens with one attached hydrogen (secondary N) is 1. The minimum atomic E-state index is -0.234. The van der Waals surface area contributed by atoms with E-state index in [2.05, 4.69) is 15.5 Å². The lowest BCUT2D eigenvalue weighted by Gasteiger charge is -2.18. The topological polar surface area (TPSA) is 71.3 Å². The fraction of sp³-hybridized carbons (Fsp3) is 0.211. The van der Waals surface area contributed by atoms with Gasteiger partial charge in [0.15, 0.2) is 5.82 Å². The van der Waals surface area contributed by atoms with Crippen LogP contribution in [0.15, 0.2) is 47.0 Å². The average Bonchev–Trinajstić information content (AvgIpc) is 3.12. The highest BCUT2D eigenvalue weighted by Gasteiger charge is 2.13. The number of hydrogen-bond acceptors (Lipinski definition) is 4. The molecular formula is C19H18Cl2N4O2. The molecule has 0 spiro atoms. The lowest BCUT2D eigenvalue weighted by Crippen LogP contribution is -2.33. The van der Waals surface area contributed by atoms with Crippen molar-refractivity contribution in [3.8, 4) is 11.5 Å². The van der Waals surface area contributed by atoms with E-state index in [1.807, 2.05) is 25.1 Å². The van der Waals surface area contributed by atoms with Crippen LogP contribution in [-0.2, 0) is 6.42 Å². The SMILES string of the molecule is Cc1ccc(Cl)cc1NC(=O)N(C)CCc1noc(-c2ccc(Cl)cc2)n1. The van der Waals surface area contributed by atoms with Crippen LogP contribution in [0.3, 0.4) is 0 Å². The molecule has 0 radical (unpaired) electrons. The van der Waals surface area contributed by atoms with Crippen molar-refractivity contribution in [2.45, 2.75) is 13.3 Å². The Morgan fingerprint density at radius 3 is 2.59 bits per heavy atom. The Morgan fingerprint density at radius 1 is 1.15 bits per heavy atom. The predicted octanol–water partition coefficient (Wildman–Crippen LogP) is 5.06. The zero-order chi connectivity index (χ0) is 19.4. The fourth-order valence-corrected chi connectivity index (χ4v) is 2.67. The number of aromatic nitrogens is 2. The van der Waals surface area contributed by atoms with E-state index in [0.717, 1.165) is 11.1 Å². The van der Waals surface area contributed by atoms with Gasteiger partial charge in [-0.05, 0) is 48.9 Å². The second kappa shape index (κ2) is 8.41. The molecule has 0 aliphatic rings. The van der Waals surface area contributed by atoms with Crippen molar-refractivity contribution in [3.05, 3.63) is 63.9 Å². The van der Waals surface area contributed by atoms with E-state index >= 15 is 0 Å². The van der Waals surface area contributed by atoms with Crippen molar-refractivity contribution >= 4 is 34.9 Å². The summed E-state index contributed by atoms with van der Waals surface area (Å²) in [6.45, 7) is 2.34. The van der Waals surface area contributed by atoms with Gasteiger partial charge in [-0.3, -0.25) is 0 Å². The van der Waals surface area contributed by atoms with Crippen LogP contribution < -0.4 is 5.32 Å². The molecule has 140 valence electrons. The van der Waals surface area contributed by atoms with E-state index in [4.69, 9.17) is 27.7 Å². The van der Waals surface area contributed by atoms with Gasteiger partial charge in [-0.2, -0.15) is 4.98 Å². The standard InChI is InChI=1S/C19H18Cl2N4O2/c1-12-3-6-15(21)11-16(12)22-19(26)25(2)10-9-17-23-18(27-24-17)13-4-7-14(20)8-5-13/h3-8,11H,9-10H2,1-2H3,(H,22,26). The van der Waals surface area contributed by atoms with E-state index in [9.17, 15) is 4.79 Å². The molecular weight excluding hydrogens is 387 g/mol. The average molecular weight is 405 g/mol. The number of likely N-dealkylation sites (N-methyl/N-ethyl adjacent to an activating group) is 1. The third kappa shape index (κ3) is 4.99. The third-order valence-corrected chi connectivity index (χ3v) is 4.51. The van der Waals surface area contributed by atoms with Gasteiger partial charge in [0, 0.05) is 41.3 Å². The number of carbonyl (C=O) groups is 1. The van der Waals surface area contributed by atoms with Crippen LogP contribution in [-0.4, -0.2) is 34.7 Å². The van der Waals surface area contributed by atoms with Gasteiger partial charge >= 0.3 is 6.03 Å². The van der Waals surface area contributed by atoms with Crippen LogP contribution in [0, 0.1) is 6.92 Å². The van der Waals surface area contributed by atoms with Gasteiger partial charge in [0.05, 0.1) is 0 Å². The molecule has 1 heterocycles. The Labute approximate surface area is 167 Å². The van der Waals surface area contributed by atoms with Gasteiger partial charge in [0.25, 0.3) is 5.89 Å². The van der Waals surface area contributed by atoms with E-state index in [1.54, 1.807) is 36.2 Å². The van der Waals surface area contributed by atoms with Gasteiger partial charge in [-0.1, -0.05) is 34.4 Å². The summed E-state index contributed by atoms with van der Waals surface area (Å²) in [4.78, 5) is 18.3. The molecule has 2 amide bonds. The van der Waals surface area contributed by atoms with Gasteiger partial charge < -0.3 is 14.7 Å². The Kier molecular flexibility index (Phi) is 5.98. The molecule has 0 atom stereocenters. The van der Waals surface area contributed by atoms with Crippen LogP contribution in [0.2, 0.25) is 10.0 Å². The number of nitrogens with zero attached hydrogens (tertiary/aromatic N) is 3. The third-order valence-electron chi connectivity index (χ3n) is 4.02. The zero-order valence-electron chi connectivity index (χ0n) is 14.9. The number of benzene rings is 2. The van der Waals surface area contributed by atoms with Crippen LogP contribution in [0.5, 0.6) is 0 Å². The highest BCUT2D eigenvalue weighted by molar-refractivity contribution is 6.31. The molecule has 1 aromatic heterocycles. The number of amides is 2. The molecule has 3 rings (SSSR count). The molecule has 2 aromatic carbocycles. The first-order valence-electron chi connectivity index (χ1n) is 8.29. The van der Waals surface area contributed by atoms with E-state index in [-0.39, 0.29) is 6.03 Å². The fourth-order valence-electron chi connectivity index (χ4n) is 2.37. The van der Waals surface area contributed by atoms with E-state index < -0.39 is 0 Å². The lowest BCUT2D eigenvalue weighted by molar-refractivity contribution is 0.222. The van der Waals surface area contributed by atoms with Gasteiger partial charge in [-0.25, -0.2) is 4.79 Å². The first-order chi connectivity index (χ1) is 12.9. The molecule has 0 bridgehead atoms. The summed E-state index contributed by atoms with van der Waals surface area (Å²) in [6, 6.07) is 12.3. The molecule has 0 aliphatic heterocycles. The summed E-state index contributed by atoms with van der Waals surface area (Å²) in [7, 11) is 1.70. The number of urea groups is 1. The van der Waals surface area contributed by atoms with E-state index in [0.29, 0.717) is 40.4 Å². The Morgan fingerprint density at radius 2 is 1.85 bits per heavy atom. The van der Waals surface area contributed by atoms with Crippen molar-refractivity contribution < 1.29 is 9.32 Å². The Hall–Kier alpha value is -2.57. The van der Waals surface area contributed by atoms with Crippen LogP contribution in [0.25, 0.3) is 11.5 Å². The summed E-state index contributed by atoms with van der Waals surface area (Å²) >= 11 is 11.9. The smallest absolute Gasteiger partial charge is 0.321 e. The van der Waals surface area contributed by atoms with Crippen LogP contribution >= 0.6 is 23.2 Å². The summed E-state index contributed by atoms with van der Waals surface area (Å²) in [5.74, 6) is 0.946. The number of aryl methyl sites for hydroxylation is 1. The molecule has 0 unspecified atom stereocenters. The monoisotopic (exact) mass is 404 g/mol. The largest absolute Gasteiger partial charge is 0.334 e. The second-order valence-corrected chi connectivity index (χ2v) is 6.96. The summed E-state index contributed by atoms with van der Waals surface area (Å²) in [6.07, 6.45) is 0.468. The summed E-state index contributed by atoms with van der Waals surface area (Å²) in [5.41, 5.74) is 2.41. The second-order valence-electron chi connectivity index (χ2n) is 6.08. The minimum Gasteiger partial charge on any atom is -0.334 e. The van der Waals surface area contributed by atoms with Crippen molar-refractivity contribution in [2.24, 2.45) is 0 Å². The molecule has 0 saturated carbocycles. The number of hydrogen-bond donors (Lipinski definition) is 1. The van der Waals surface area contributed by atoms with E-state index in [1.165, 1.54) is 0 Å². The van der Waals surface area contributed by atoms with Gasteiger partial charge in [-0.15, -0.1) is 0 Å². The zero-order valence-corrected chi connectivity index (χ0v) is 16.4. The normalized spacial score (nSPS) is 10.7. The summed E-state index contributed by atoms with van der Waals surface area (Å²) in [5, 5.41) is 8.02. The Balaban J connectivity index is 1.57. The first-order valence-corrected chi connectivity index (χ1v) is 9.05. The lowest BCUT2D eigenvalue weighted by atomic mass is 10.2. The predicted molar refractivity (Wildman–Crippen MR) is 106 cm³/mol. The van der Waals surface area contributed by atoms with Crippen molar-refractivity contribution in [1.29, 1.82) is 0 Å². The number of halogens is 2. The Bertz CT molecular complexity index is 941. The van der Waals surface area contributed by atoms with Crippen LogP contribution in [0.1, 0.15) is 11.4 Å². The molecule has 0 saturated heterocycles. The molecule has 3 aromatic rings. The highest BCUT2D eigenvalue weighted by atomic mass is 35.5. The molecule has 27 heavy (non-hydrogen) atoms. The van der Waals surface area contributed by atoms with Crippen molar-refractivity contribution in [2.75, 3.05) is 18.9 Å². The number of carbonyl (C=O) groups excluding carboxylic acids is 1. The quantitative estimate of drug-likeness (QED) is 0.644. The molecule has 8 heteroatoms. The maximum Gasteiger partial charge on any atom is 0.321 e.